The fourth-order valence-electron chi connectivity index (χ4n) is 1.42. The Bertz CT molecular complexity index is 204. The van der Waals surface area contributed by atoms with Crippen LogP contribution in [0.5, 0.6) is 0 Å². The molecule has 94 valence electrons. The second-order valence-electron chi connectivity index (χ2n) is 3.06. The molecule has 0 aromatic rings. The second kappa shape index (κ2) is 6.81. The van der Waals surface area contributed by atoms with Crippen LogP contribution in [0.15, 0.2) is 5.10 Å². The first kappa shape index (κ1) is 13.4. The maximum absolute atomic E-state index is 5.69. The minimum Gasteiger partial charge on any atom is -0.373 e. The molecule has 1 aliphatic rings. The van der Waals surface area contributed by atoms with Crippen molar-refractivity contribution in [2.24, 2.45) is 5.10 Å². The molecule has 0 radical (unpaired) electrons. The molecule has 2 N–H and O–H groups in total. The average molecular weight is 248 g/mol. The molecule has 1 aliphatic heterocycles. The Labute approximate surface area is 97.0 Å². The van der Waals surface area contributed by atoms with E-state index in [9.17, 15) is 0 Å². The highest BCUT2D eigenvalue weighted by Gasteiger charge is 2.43. The van der Waals surface area contributed by atoms with Crippen LogP contribution in [0, 0.1) is 0 Å². The lowest BCUT2D eigenvalue weighted by Crippen LogP contribution is -2.59. The summed E-state index contributed by atoms with van der Waals surface area (Å²) in [4.78, 5) is 0. The molecule has 8 heteroatoms. The fourth-order valence-corrected chi connectivity index (χ4v) is 3.81. The smallest absolute Gasteiger partial charge is 0.373 e. The van der Waals surface area contributed by atoms with E-state index in [-0.39, 0.29) is 0 Å². The zero-order valence-corrected chi connectivity index (χ0v) is 11.0. The first-order valence-electron chi connectivity index (χ1n) is 5.49. The molecule has 0 aliphatic carbocycles. The van der Waals surface area contributed by atoms with Crippen molar-refractivity contribution >= 4 is 15.1 Å². The summed E-state index contributed by atoms with van der Waals surface area (Å²) >= 11 is 0. The zero-order chi connectivity index (χ0) is 11.9. The molecule has 7 nitrogen and oxygen atoms in total. The summed E-state index contributed by atoms with van der Waals surface area (Å²) in [6, 6.07) is 0. The van der Waals surface area contributed by atoms with Crippen LogP contribution in [0.2, 0.25) is 0 Å². The molecule has 0 saturated carbocycles. The molecule has 1 heterocycles. The van der Waals surface area contributed by atoms with E-state index in [2.05, 4.69) is 16.1 Å². The third-order valence-corrected chi connectivity index (χ3v) is 4.79. The molecule has 0 bridgehead atoms. The van der Waals surface area contributed by atoms with Gasteiger partial charge in [0.05, 0.1) is 0 Å². The Morgan fingerprint density at radius 3 is 2.06 bits per heavy atom. The van der Waals surface area contributed by atoms with E-state index in [4.69, 9.17) is 13.3 Å². The summed E-state index contributed by atoms with van der Waals surface area (Å²) in [5.41, 5.74) is 5.69. The lowest BCUT2D eigenvalue weighted by Gasteiger charge is -2.30. The lowest BCUT2D eigenvalue weighted by molar-refractivity contribution is 0.0461. The Morgan fingerprint density at radius 2 is 1.69 bits per heavy atom. The van der Waals surface area contributed by atoms with Gasteiger partial charge in [0.25, 0.3) is 0 Å². The standard InChI is InChI=1S/C8H20N4O3Si/c1-4-13-16(14-5-2,15-6-3)8-12-10-7-9-11-12/h7,11H,4-6,8H2,1-3H3,(H,9,10). The van der Waals surface area contributed by atoms with Gasteiger partial charge in [0.2, 0.25) is 0 Å². The Hall–Kier alpha value is -0.673. The number of hydrogen-bond donors (Lipinski definition) is 2. The number of hydrazone groups is 1. The molecule has 0 spiro atoms. The minimum absolute atomic E-state index is 0.502. The first-order chi connectivity index (χ1) is 7.76. The maximum atomic E-state index is 5.69. The van der Waals surface area contributed by atoms with E-state index in [1.165, 1.54) is 0 Å². The summed E-state index contributed by atoms with van der Waals surface area (Å²) in [6.07, 6.45) is 2.06. The van der Waals surface area contributed by atoms with Crippen LogP contribution in [0.4, 0.5) is 0 Å². The van der Waals surface area contributed by atoms with Gasteiger partial charge in [0.15, 0.2) is 0 Å². The van der Waals surface area contributed by atoms with Crippen molar-refractivity contribution < 1.29 is 13.3 Å². The summed E-state index contributed by atoms with van der Waals surface area (Å²) in [5.74, 6) is 0. The summed E-state index contributed by atoms with van der Waals surface area (Å²) in [6.45, 7) is 7.51. The van der Waals surface area contributed by atoms with Crippen LogP contribution >= 0.6 is 0 Å². The van der Waals surface area contributed by atoms with Crippen LogP contribution in [0.1, 0.15) is 20.8 Å². The predicted octanol–water partition coefficient (Wildman–Crippen LogP) is -0.158. The van der Waals surface area contributed by atoms with Crippen LogP contribution in [-0.2, 0) is 13.3 Å². The molecular weight excluding hydrogens is 228 g/mol. The number of nitrogens with one attached hydrogen (secondary N) is 2. The molecular formula is C8H20N4O3Si. The Balaban J connectivity index is 2.57. The van der Waals surface area contributed by atoms with Gasteiger partial charge >= 0.3 is 8.80 Å². The molecule has 0 saturated heterocycles. The maximum Gasteiger partial charge on any atom is 0.519 e. The number of rotatable bonds is 8. The van der Waals surface area contributed by atoms with Gasteiger partial charge in [0, 0.05) is 19.8 Å². The SMILES string of the molecule is CCO[Si](CN1NC=NN1)(OCC)OCC. The number of nitrogens with zero attached hydrogens (tertiary/aromatic N) is 2. The van der Waals surface area contributed by atoms with Crippen molar-refractivity contribution in [3.63, 3.8) is 0 Å². The van der Waals surface area contributed by atoms with Crippen LogP contribution < -0.4 is 11.0 Å². The van der Waals surface area contributed by atoms with Gasteiger partial charge in [-0.25, -0.2) is 5.53 Å². The molecule has 0 amide bonds. The summed E-state index contributed by atoms with van der Waals surface area (Å²) in [5, 5.41) is 5.51. The highest BCUT2D eigenvalue weighted by atomic mass is 28.4. The quantitative estimate of drug-likeness (QED) is 0.582. The largest absolute Gasteiger partial charge is 0.519 e. The average Bonchev–Trinajstić information content (AvgIpc) is 2.71. The summed E-state index contributed by atoms with van der Waals surface area (Å²) < 4.78 is 17.1. The molecule has 1 rings (SSSR count). The number of hydrogen-bond acceptors (Lipinski definition) is 7. The summed E-state index contributed by atoms with van der Waals surface area (Å²) in [7, 11) is -2.64. The Morgan fingerprint density at radius 1 is 1.12 bits per heavy atom. The van der Waals surface area contributed by atoms with E-state index < -0.39 is 8.80 Å². The number of hydrazine groups is 2. The first-order valence-corrected chi connectivity index (χ1v) is 7.42. The topological polar surface area (TPSA) is 67.4 Å². The highest BCUT2D eigenvalue weighted by Crippen LogP contribution is 2.11. The predicted molar refractivity (Wildman–Crippen MR) is 62.1 cm³/mol. The van der Waals surface area contributed by atoms with Gasteiger partial charge in [-0.1, -0.05) is 0 Å². The zero-order valence-electron chi connectivity index (χ0n) is 10.0. The fraction of sp³-hybridized carbons (Fsp3) is 0.875. The molecule has 0 aromatic carbocycles. The van der Waals surface area contributed by atoms with Crippen molar-refractivity contribution in [2.45, 2.75) is 20.8 Å². The lowest BCUT2D eigenvalue weighted by atomic mass is 10.9. The van der Waals surface area contributed by atoms with E-state index in [0.29, 0.717) is 26.0 Å². The van der Waals surface area contributed by atoms with Gasteiger partial charge in [0.1, 0.15) is 12.5 Å². The molecule has 16 heavy (non-hydrogen) atoms. The van der Waals surface area contributed by atoms with E-state index in [1.807, 2.05) is 20.8 Å². The van der Waals surface area contributed by atoms with E-state index >= 15 is 0 Å². The van der Waals surface area contributed by atoms with Crippen molar-refractivity contribution in [3.05, 3.63) is 0 Å². The van der Waals surface area contributed by atoms with Gasteiger partial charge < -0.3 is 13.3 Å². The van der Waals surface area contributed by atoms with Crippen molar-refractivity contribution in [3.8, 4) is 0 Å². The monoisotopic (exact) mass is 248 g/mol. The van der Waals surface area contributed by atoms with Crippen molar-refractivity contribution in [1.82, 2.24) is 16.1 Å². The van der Waals surface area contributed by atoms with Gasteiger partial charge in [-0.05, 0) is 20.8 Å². The second-order valence-corrected chi connectivity index (χ2v) is 5.60. The van der Waals surface area contributed by atoms with Gasteiger partial charge in [-0.15, -0.1) is 5.12 Å². The van der Waals surface area contributed by atoms with Gasteiger partial charge in [-0.2, -0.15) is 5.10 Å². The van der Waals surface area contributed by atoms with E-state index in [1.54, 1.807) is 11.5 Å². The third kappa shape index (κ3) is 3.72. The van der Waals surface area contributed by atoms with Crippen LogP contribution in [0.25, 0.3) is 0 Å². The Kier molecular flexibility index (Phi) is 5.70. The molecule has 0 aromatic heterocycles. The minimum atomic E-state index is -2.64. The van der Waals surface area contributed by atoms with Gasteiger partial charge in [-0.3, -0.25) is 5.43 Å². The normalized spacial score (nSPS) is 16.2. The van der Waals surface area contributed by atoms with E-state index in [0.717, 1.165) is 0 Å². The van der Waals surface area contributed by atoms with Crippen molar-refractivity contribution in [1.29, 1.82) is 0 Å². The highest BCUT2D eigenvalue weighted by molar-refractivity contribution is 6.60. The molecule has 0 atom stereocenters. The van der Waals surface area contributed by atoms with Crippen LogP contribution in [0.3, 0.4) is 0 Å². The molecule has 0 unspecified atom stereocenters. The molecule has 0 fully saturated rings. The van der Waals surface area contributed by atoms with Crippen molar-refractivity contribution in [2.75, 3.05) is 26.0 Å². The van der Waals surface area contributed by atoms with Crippen LogP contribution in [-0.4, -0.2) is 46.2 Å². The third-order valence-electron chi connectivity index (χ3n) is 1.90.